The van der Waals surface area contributed by atoms with Gasteiger partial charge in [-0.05, 0) is 35.0 Å². The third-order valence-electron chi connectivity index (χ3n) is 2.54. The molecular weight excluding hydrogens is 332 g/mol. The Labute approximate surface area is 119 Å². The molecule has 0 atom stereocenters. The van der Waals surface area contributed by atoms with Crippen molar-refractivity contribution in [2.24, 2.45) is 5.73 Å². The summed E-state index contributed by atoms with van der Waals surface area (Å²) in [7, 11) is -3.72. The van der Waals surface area contributed by atoms with Crippen molar-refractivity contribution in [3.63, 3.8) is 0 Å². The molecule has 0 saturated carbocycles. The van der Waals surface area contributed by atoms with Crippen LogP contribution in [0.25, 0.3) is 0 Å². The zero-order chi connectivity index (χ0) is 14.0. The number of benzene rings is 1. The maximum atomic E-state index is 12.4. The molecule has 0 aliphatic heterocycles. The van der Waals surface area contributed by atoms with Gasteiger partial charge in [0.25, 0.3) is 10.0 Å². The number of nitrogens with two attached hydrogens (primary N) is 1. The van der Waals surface area contributed by atoms with Crippen molar-refractivity contribution in [3.8, 4) is 0 Å². The summed E-state index contributed by atoms with van der Waals surface area (Å²) < 4.78 is 27.9. The Balaban J connectivity index is 2.44. The van der Waals surface area contributed by atoms with Gasteiger partial charge in [0, 0.05) is 11.0 Å². The number of hydrogen-bond acceptors (Lipinski definition) is 4. The van der Waals surface area contributed by atoms with Gasteiger partial charge >= 0.3 is 0 Å². The summed E-state index contributed by atoms with van der Waals surface area (Å²) in [4.78, 5) is 0.103. The number of nitrogens with zero attached hydrogens (tertiary/aromatic N) is 1. The lowest BCUT2D eigenvalue weighted by Crippen LogP contribution is -2.16. The van der Waals surface area contributed by atoms with Crippen molar-refractivity contribution in [1.29, 1.82) is 0 Å². The fraction of sp³-hybridized carbons (Fsp3) is 0.182. The van der Waals surface area contributed by atoms with Crippen LogP contribution in [-0.4, -0.2) is 18.6 Å². The van der Waals surface area contributed by atoms with Gasteiger partial charge in [0.05, 0.1) is 17.1 Å². The quantitative estimate of drug-likeness (QED) is 0.786. The summed E-state index contributed by atoms with van der Waals surface area (Å²) >= 11 is 3.29. The highest BCUT2D eigenvalue weighted by molar-refractivity contribution is 9.10. The zero-order valence-electron chi connectivity index (χ0n) is 10.1. The van der Waals surface area contributed by atoms with Crippen LogP contribution in [0, 0.1) is 6.92 Å². The lowest BCUT2D eigenvalue weighted by Gasteiger charge is -2.10. The number of para-hydroxylation sites is 1. The van der Waals surface area contributed by atoms with Crippen molar-refractivity contribution >= 4 is 31.6 Å². The summed E-state index contributed by atoms with van der Waals surface area (Å²) in [6, 6.07) is 6.97. The molecule has 0 fully saturated rings. The Hall–Kier alpha value is -1.38. The molecule has 6 nitrogen and oxygen atoms in total. The molecule has 0 spiro atoms. The maximum absolute atomic E-state index is 12.4. The summed E-state index contributed by atoms with van der Waals surface area (Å²) in [5, 5.41) is 6.52. The van der Waals surface area contributed by atoms with Gasteiger partial charge in [0.15, 0.2) is 0 Å². The van der Waals surface area contributed by atoms with E-state index in [0.29, 0.717) is 21.5 Å². The Morgan fingerprint density at radius 3 is 2.74 bits per heavy atom. The number of sulfonamides is 1. The van der Waals surface area contributed by atoms with Crippen LogP contribution in [0.5, 0.6) is 0 Å². The predicted octanol–water partition coefficient (Wildman–Crippen LogP) is 1.74. The van der Waals surface area contributed by atoms with Gasteiger partial charge in [-0.1, -0.05) is 12.1 Å². The summed E-state index contributed by atoms with van der Waals surface area (Å²) in [5.74, 6) is 0. The van der Waals surface area contributed by atoms with Crippen LogP contribution in [0.1, 0.15) is 11.4 Å². The minimum absolute atomic E-state index is 0.0521. The summed E-state index contributed by atoms with van der Waals surface area (Å²) in [6.45, 7) is 1.69. The second kappa shape index (κ2) is 5.32. The van der Waals surface area contributed by atoms with E-state index in [0.717, 1.165) is 0 Å². The normalized spacial score (nSPS) is 11.5. The van der Waals surface area contributed by atoms with Crippen molar-refractivity contribution in [1.82, 2.24) is 10.2 Å². The topological polar surface area (TPSA) is 101 Å². The van der Waals surface area contributed by atoms with E-state index < -0.39 is 10.0 Å². The molecule has 1 aromatic carbocycles. The average molecular weight is 345 g/mol. The first-order chi connectivity index (χ1) is 8.95. The number of hydrogen-bond donors (Lipinski definition) is 3. The van der Waals surface area contributed by atoms with Crippen molar-refractivity contribution in [2.75, 3.05) is 4.72 Å². The van der Waals surface area contributed by atoms with E-state index in [2.05, 4.69) is 30.8 Å². The lowest BCUT2D eigenvalue weighted by atomic mass is 10.3. The molecule has 2 aromatic rings. The number of aryl methyl sites for hydroxylation is 1. The van der Waals surface area contributed by atoms with E-state index in [1.807, 2.05) is 0 Å². The molecule has 0 unspecified atom stereocenters. The Morgan fingerprint density at radius 1 is 1.42 bits per heavy atom. The number of halogens is 1. The Kier molecular flexibility index (Phi) is 3.93. The number of H-pyrrole nitrogens is 1. The van der Waals surface area contributed by atoms with Gasteiger partial charge in [-0.2, -0.15) is 5.10 Å². The van der Waals surface area contributed by atoms with Crippen LogP contribution >= 0.6 is 15.9 Å². The first-order valence-electron chi connectivity index (χ1n) is 5.47. The number of aromatic amines is 1. The van der Waals surface area contributed by atoms with Crippen molar-refractivity contribution < 1.29 is 8.42 Å². The van der Waals surface area contributed by atoms with E-state index in [-0.39, 0.29) is 11.4 Å². The van der Waals surface area contributed by atoms with Crippen LogP contribution in [0.2, 0.25) is 0 Å². The highest BCUT2D eigenvalue weighted by atomic mass is 79.9. The van der Waals surface area contributed by atoms with Crippen LogP contribution in [-0.2, 0) is 16.6 Å². The van der Waals surface area contributed by atoms with Gasteiger partial charge in [-0.15, -0.1) is 0 Å². The highest BCUT2D eigenvalue weighted by Gasteiger charge is 2.24. The molecule has 0 saturated heterocycles. The first-order valence-corrected chi connectivity index (χ1v) is 7.74. The third kappa shape index (κ3) is 2.80. The Bertz CT molecular complexity index is 696. The van der Waals surface area contributed by atoms with Crippen LogP contribution in [0.4, 0.5) is 5.69 Å². The largest absolute Gasteiger partial charge is 0.325 e. The van der Waals surface area contributed by atoms with Gasteiger partial charge in [0.2, 0.25) is 0 Å². The lowest BCUT2D eigenvalue weighted by molar-refractivity contribution is 0.599. The second-order valence-electron chi connectivity index (χ2n) is 3.91. The fourth-order valence-electron chi connectivity index (χ4n) is 1.70. The molecule has 102 valence electrons. The Morgan fingerprint density at radius 2 is 2.11 bits per heavy atom. The van der Waals surface area contributed by atoms with E-state index in [1.54, 1.807) is 31.2 Å². The van der Waals surface area contributed by atoms with Gasteiger partial charge in [-0.25, -0.2) is 8.42 Å². The summed E-state index contributed by atoms with van der Waals surface area (Å²) in [6.07, 6.45) is 0. The number of anilines is 1. The third-order valence-corrected chi connectivity index (χ3v) is 4.80. The molecule has 19 heavy (non-hydrogen) atoms. The van der Waals surface area contributed by atoms with Crippen LogP contribution in [0.3, 0.4) is 0 Å². The first kappa shape index (κ1) is 14.0. The van der Waals surface area contributed by atoms with Crippen molar-refractivity contribution in [2.45, 2.75) is 18.4 Å². The average Bonchev–Trinajstić information content (AvgIpc) is 2.74. The molecule has 0 aliphatic rings. The van der Waals surface area contributed by atoms with E-state index in [4.69, 9.17) is 5.73 Å². The van der Waals surface area contributed by atoms with E-state index in [9.17, 15) is 8.42 Å². The molecule has 8 heteroatoms. The van der Waals surface area contributed by atoms with Crippen molar-refractivity contribution in [3.05, 3.63) is 40.1 Å². The van der Waals surface area contributed by atoms with Crippen LogP contribution in [0.15, 0.2) is 33.6 Å². The number of nitrogens with one attached hydrogen (secondary N) is 2. The predicted molar refractivity (Wildman–Crippen MR) is 76.2 cm³/mol. The number of aromatic nitrogens is 2. The standard InChI is InChI=1S/C11H13BrN4O2S/c1-7-11(10(6-13)15-14-7)19(17,18)16-9-5-3-2-4-8(9)12/h2-5,16H,6,13H2,1H3,(H,14,15). The minimum Gasteiger partial charge on any atom is -0.325 e. The molecule has 0 bridgehead atoms. The van der Waals surface area contributed by atoms with Gasteiger partial charge in [-0.3, -0.25) is 9.82 Å². The molecular formula is C11H13BrN4O2S. The smallest absolute Gasteiger partial charge is 0.265 e. The van der Waals surface area contributed by atoms with Crippen LogP contribution < -0.4 is 10.5 Å². The number of rotatable bonds is 4. The molecule has 0 radical (unpaired) electrons. The summed E-state index contributed by atoms with van der Waals surface area (Å²) in [5.41, 5.74) is 6.74. The van der Waals surface area contributed by atoms with Gasteiger partial charge in [0.1, 0.15) is 4.90 Å². The molecule has 2 rings (SSSR count). The van der Waals surface area contributed by atoms with E-state index in [1.165, 1.54) is 0 Å². The zero-order valence-corrected chi connectivity index (χ0v) is 12.5. The molecule has 0 aliphatic carbocycles. The minimum atomic E-state index is -3.72. The maximum Gasteiger partial charge on any atom is 0.265 e. The highest BCUT2D eigenvalue weighted by Crippen LogP contribution is 2.26. The monoisotopic (exact) mass is 344 g/mol. The van der Waals surface area contributed by atoms with Gasteiger partial charge < -0.3 is 5.73 Å². The molecule has 0 amide bonds. The molecule has 4 N–H and O–H groups in total. The fourth-order valence-corrected chi connectivity index (χ4v) is 3.68. The van der Waals surface area contributed by atoms with E-state index >= 15 is 0 Å². The molecule has 1 heterocycles. The molecule has 1 aromatic heterocycles. The SMILES string of the molecule is Cc1[nH]nc(CN)c1S(=O)(=O)Nc1ccccc1Br. The second-order valence-corrected chi connectivity index (χ2v) is 6.39.